The number of ether oxygens (including phenoxy) is 1. The summed E-state index contributed by atoms with van der Waals surface area (Å²) in [4.78, 5) is 14.0. The minimum absolute atomic E-state index is 0.00421. The van der Waals surface area contributed by atoms with Crippen molar-refractivity contribution in [1.82, 2.24) is 4.90 Å². The van der Waals surface area contributed by atoms with Crippen molar-refractivity contribution in [1.29, 1.82) is 0 Å². The minimum atomic E-state index is -0.336. The van der Waals surface area contributed by atoms with Crippen molar-refractivity contribution in [3.8, 4) is 0 Å². The number of hydrogen-bond acceptors (Lipinski definition) is 3. The third kappa shape index (κ3) is 4.57. The first-order chi connectivity index (χ1) is 7.08. The van der Waals surface area contributed by atoms with Crippen LogP contribution in [0.5, 0.6) is 0 Å². The predicted octanol–water partition coefficient (Wildman–Crippen LogP) is 0.794. The Balaban J connectivity index is 4.40. The van der Waals surface area contributed by atoms with Gasteiger partial charge in [0.1, 0.15) is 0 Å². The monoisotopic (exact) mass is 232 g/mol. The number of nitrogens with two attached hydrogens (primary N) is 1. The summed E-state index contributed by atoms with van der Waals surface area (Å²) in [5.74, 6) is -0.332. The van der Waals surface area contributed by atoms with E-state index in [-0.39, 0.29) is 16.8 Å². The molecule has 0 aliphatic heterocycles. The average molecular weight is 232 g/mol. The molecule has 0 aromatic heterocycles. The van der Waals surface area contributed by atoms with Gasteiger partial charge in [-0.1, -0.05) is 19.1 Å². The molecule has 1 atom stereocenters. The molecule has 0 bridgehead atoms. The third-order valence-corrected chi connectivity index (χ3v) is 2.59. The lowest BCUT2D eigenvalue weighted by Gasteiger charge is -2.24. The minimum Gasteiger partial charge on any atom is -0.393 e. The van der Waals surface area contributed by atoms with Gasteiger partial charge >= 0.3 is 0 Å². The van der Waals surface area contributed by atoms with Crippen LogP contribution >= 0.6 is 12.2 Å². The maximum Gasteiger partial charge on any atom is 0.232 e. The zero-order valence-electron chi connectivity index (χ0n) is 9.66. The van der Waals surface area contributed by atoms with Crippen molar-refractivity contribution < 1.29 is 9.53 Å². The van der Waals surface area contributed by atoms with Crippen LogP contribution in [-0.2, 0) is 9.53 Å². The molecular formula is C10H20N2O2S. The van der Waals surface area contributed by atoms with Crippen LogP contribution in [0.25, 0.3) is 0 Å². The smallest absolute Gasteiger partial charge is 0.232 e. The van der Waals surface area contributed by atoms with Gasteiger partial charge in [0, 0.05) is 20.2 Å². The fraction of sp³-hybridized carbons (Fsp3) is 0.800. The van der Waals surface area contributed by atoms with E-state index >= 15 is 0 Å². The Kier molecular flexibility index (Phi) is 7.25. The number of methoxy groups -OCH3 is 1. The van der Waals surface area contributed by atoms with Gasteiger partial charge in [0.25, 0.3) is 0 Å². The zero-order valence-corrected chi connectivity index (χ0v) is 10.5. The molecule has 1 amide bonds. The fourth-order valence-electron chi connectivity index (χ4n) is 1.34. The Morgan fingerprint density at radius 3 is 2.47 bits per heavy atom. The molecule has 0 spiro atoms. The van der Waals surface area contributed by atoms with Crippen LogP contribution in [0.1, 0.15) is 20.3 Å². The number of amides is 1. The SMILES string of the molecule is CCC(C(=O)N(CC)CCOC)C(N)=S. The Labute approximate surface area is 96.8 Å². The molecule has 0 aliphatic rings. The molecule has 1 unspecified atom stereocenters. The quantitative estimate of drug-likeness (QED) is 0.660. The molecule has 0 fully saturated rings. The summed E-state index contributed by atoms with van der Waals surface area (Å²) in [5, 5.41) is 0. The maximum atomic E-state index is 12.0. The van der Waals surface area contributed by atoms with Gasteiger partial charge in [0.2, 0.25) is 5.91 Å². The molecule has 88 valence electrons. The molecule has 0 saturated heterocycles. The van der Waals surface area contributed by atoms with Crippen LogP contribution in [0.4, 0.5) is 0 Å². The molecule has 0 heterocycles. The summed E-state index contributed by atoms with van der Waals surface area (Å²) in [6.45, 7) is 5.62. The van der Waals surface area contributed by atoms with Crippen LogP contribution in [0.3, 0.4) is 0 Å². The van der Waals surface area contributed by atoms with Crippen molar-refractivity contribution in [2.75, 3.05) is 26.8 Å². The molecule has 0 aliphatic carbocycles. The van der Waals surface area contributed by atoms with Gasteiger partial charge < -0.3 is 15.4 Å². The summed E-state index contributed by atoms with van der Waals surface area (Å²) in [7, 11) is 1.61. The summed E-state index contributed by atoms with van der Waals surface area (Å²) in [6, 6.07) is 0. The lowest BCUT2D eigenvalue weighted by molar-refractivity contribution is -0.133. The Morgan fingerprint density at radius 2 is 2.13 bits per heavy atom. The number of hydrogen-bond donors (Lipinski definition) is 1. The Hall–Kier alpha value is -0.680. The van der Waals surface area contributed by atoms with Gasteiger partial charge in [0.15, 0.2) is 0 Å². The molecule has 4 nitrogen and oxygen atoms in total. The second-order valence-electron chi connectivity index (χ2n) is 3.27. The van der Waals surface area contributed by atoms with E-state index in [9.17, 15) is 4.79 Å². The highest BCUT2D eigenvalue weighted by atomic mass is 32.1. The molecule has 0 saturated carbocycles. The molecule has 2 N–H and O–H groups in total. The summed E-state index contributed by atoms with van der Waals surface area (Å²) in [5.41, 5.74) is 5.52. The molecular weight excluding hydrogens is 212 g/mol. The molecule has 0 rings (SSSR count). The van der Waals surface area contributed by atoms with Crippen LogP contribution in [0.2, 0.25) is 0 Å². The molecule has 0 aromatic rings. The highest BCUT2D eigenvalue weighted by Gasteiger charge is 2.23. The lowest BCUT2D eigenvalue weighted by Crippen LogP contribution is -2.42. The number of nitrogens with zero attached hydrogens (tertiary/aromatic N) is 1. The van der Waals surface area contributed by atoms with Gasteiger partial charge in [-0.05, 0) is 13.3 Å². The van der Waals surface area contributed by atoms with Crippen molar-refractivity contribution in [2.45, 2.75) is 20.3 Å². The van der Waals surface area contributed by atoms with Crippen LogP contribution < -0.4 is 5.73 Å². The summed E-state index contributed by atoms with van der Waals surface area (Å²) in [6.07, 6.45) is 0.650. The van der Waals surface area contributed by atoms with Crippen molar-refractivity contribution >= 4 is 23.1 Å². The standard InChI is InChI=1S/C10H20N2O2S/c1-4-8(9(11)15)10(13)12(5-2)6-7-14-3/h8H,4-7H2,1-3H3,(H2,11,15). The highest BCUT2D eigenvalue weighted by molar-refractivity contribution is 7.80. The van der Waals surface area contributed by atoms with E-state index in [0.29, 0.717) is 26.1 Å². The summed E-state index contributed by atoms with van der Waals surface area (Å²) >= 11 is 4.87. The normalized spacial score (nSPS) is 12.2. The van der Waals surface area contributed by atoms with E-state index in [0.717, 1.165) is 0 Å². The molecule has 0 radical (unpaired) electrons. The zero-order chi connectivity index (χ0) is 11.8. The Bertz CT molecular complexity index is 221. The highest BCUT2D eigenvalue weighted by Crippen LogP contribution is 2.08. The first kappa shape index (κ1) is 14.3. The average Bonchev–Trinajstić information content (AvgIpc) is 2.19. The van der Waals surface area contributed by atoms with Gasteiger partial charge in [-0.3, -0.25) is 4.79 Å². The number of likely N-dealkylation sites (N-methyl/N-ethyl adjacent to an activating group) is 1. The molecule has 0 aromatic carbocycles. The van der Waals surface area contributed by atoms with E-state index < -0.39 is 0 Å². The van der Waals surface area contributed by atoms with Gasteiger partial charge in [-0.15, -0.1) is 0 Å². The third-order valence-electron chi connectivity index (χ3n) is 2.31. The second-order valence-corrected chi connectivity index (χ2v) is 3.75. The number of carbonyl (C=O) groups is 1. The fourth-order valence-corrected chi connectivity index (χ4v) is 1.61. The van der Waals surface area contributed by atoms with E-state index in [1.165, 1.54) is 0 Å². The van der Waals surface area contributed by atoms with Gasteiger partial charge in [0.05, 0.1) is 17.5 Å². The first-order valence-corrected chi connectivity index (χ1v) is 5.56. The second kappa shape index (κ2) is 7.59. The number of thiocarbonyl (C=S) groups is 1. The van der Waals surface area contributed by atoms with Crippen molar-refractivity contribution in [3.63, 3.8) is 0 Å². The molecule has 15 heavy (non-hydrogen) atoms. The van der Waals surface area contributed by atoms with E-state index in [4.69, 9.17) is 22.7 Å². The van der Waals surface area contributed by atoms with Crippen molar-refractivity contribution in [3.05, 3.63) is 0 Å². The molecule has 5 heteroatoms. The first-order valence-electron chi connectivity index (χ1n) is 5.15. The van der Waals surface area contributed by atoms with Crippen LogP contribution in [0.15, 0.2) is 0 Å². The largest absolute Gasteiger partial charge is 0.393 e. The van der Waals surface area contributed by atoms with Gasteiger partial charge in [-0.25, -0.2) is 0 Å². The van der Waals surface area contributed by atoms with Crippen molar-refractivity contribution in [2.24, 2.45) is 11.7 Å². The topological polar surface area (TPSA) is 55.6 Å². The van der Waals surface area contributed by atoms with Crippen LogP contribution in [-0.4, -0.2) is 42.6 Å². The maximum absolute atomic E-state index is 12.0. The summed E-state index contributed by atoms with van der Waals surface area (Å²) < 4.78 is 4.94. The Morgan fingerprint density at radius 1 is 1.53 bits per heavy atom. The van der Waals surface area contributed by atoms with E-state index in [1.54, 1.807) is 12.0 Å². The van der Waals surface area contributed by atoms with Gasteiger partial charge in [-0.2, -0.15) is 0 Å². The number of rotatable bonds is 7. The predicted molar refractivity (Wildman–Crippen MR) is 64.7 cm³/mol. The van der Waals surface area contributed by atoms with E-state index in [2.05, 4.69) is 0 Å². The van der Waals surface area contributed by atoms with E-state index in [1.807, 2.05) is 13.8 Å². The van der Waals surface area contributed by atoms with Crippen LogP contribution in [0, 0.1) is 5.92 Å². The lowest BCUT2D eigenvalue weighted by atomic mass is 10.1. The number of carbonyl (C=O) groups excluding carboxylic acids is 1.